The van der Waals surface area contributed by atoms with Gasteiger partial charge in [-0.15, -0.1) is 0 Å². The van der Waals surface area contributed by atoms with E-state index < -0.39 is 11.9 Å². The van der Waals surface area contributed by atoms with Crippen LogP contribution in [-0.2, 0) is 4.79 Å². The topological polar surface area (TPSA) is 74.6 Å². The van der Waals surface area contributed by atoms with Gasteiger partial charge in [0, 0.05) is 5.56 Å². The lowest BCUT2D eigenvalue weighted by molar-refractivity contribution is -0.135. The Kier molecular flexibility index (Phi) is 3.92. The first kappa shape index (κ1) is 12.1. The molecule has 0 aliphatic carbocycles. The minimum Gasteiger partial charge on any atom is -0.481 e. The molecule has 16 heavy (non-hydrogen) atoms. The molecule has 5 heteroatoms. The van der Waals surface area contributed by atoms with E-state index in [2.05, 4.69) is 11.8 Å². The van der Waals surface area contributed by atoms with Crippen LogP contribution in [0.3, 0.4) is 0 Å². The summed E-state index contributed by atoms with van der Waals surface area (Å²) in [6.45, 7) is 0. The molecule has 0 saturated heterocycles. The molecule has 0 amide bonds. The first-order chi connectivity index (χ1) is 7.50. The third kappa shape index (κ3) is 3.30. The molecular weight excluding hydrogens is 232 g/mol. The fraction of sp³-hybridized carbons (Fsp3) is 0.0909. The van der Waals surface area contributed by atoms with Gasteiger partial charge < -0.3 is 10.2 Å². The van der Waals surface area contributed by atoms with Crippen molar-refractivity contribution in [3.05, 3.63) is 34.3 Å². The summed E-state index contributed by atoms with van der Waals surface area (Å²) in [5.41, 5.74) is 0.367. The Balaban J connectivity index is 2.98. The first-order valence-corrected chi connectivity index (χ1v) is 4.62. The van der Waals surface area contributed by atoms with E-state index in [9.17, 15) is 9.59 Å². The van der Waals surface area contributed by atoms with Gasteiger partial charge in [0.1, 0.15) is 6.42 Å². The Hall–Kier alpha value is -1.99. The van der Waals surface area contributed by atoms with Crippen LogP contribution in [0.25, 0.3) is 0 Å². The summed E-state index contributed by atoms with van der Waals surface area (Å²) in [6, 6.07) is 4.25. The number of rotatable bonds is 2. The molecule has 0 heterocycles. The number of hydrogen-bond acceptors (Lipinski definition) is 2. The van der Waals surface area contributed by atoms with Crippen LogP contribution in [0.5, 0.6) is 0 Å². The van der Waals surface area contributed by atoms with Gasteiger partial charge in [-0.1, -0.05) is 23.4 Å². The summed E-state index contributed by atoms with van der Waals surface area (Å²) in [5, 5.41) is 17.3. The Bertz CT molecular complexity index is 496. The molecule has 0 spiro atoms. The minimum absolute atomic E-state index is 0.0520. The third-order valence-corrected chi connectivity index (χ3v) is 2.00. The van der Waals surface area contributed by atoms with Crippen molar-refractivity contribution < 1.29 is 19.8 Å². The van der Waals surface area contributed by atoms with Gasteiger partial charge in [0.05, 0.1) is 10.6 Å². The number of benzene rings is 1. The van der Waals surface area contributed by atoms with E-state index >= 15 is 0 Å². The van der Waals surface area contributed by atoms with Crippen molar-refractivity contribution in [3.8, 4) is 11.8 Å². The molecule has 0 fully saturated rings. The van der Waals surface area contributed by atoms with Gasteiger partial charge >= 0.3 is 11.9 Å². The molecule has 0 aromatic heterocycles. The SMILES string of the molecule is O=C(O)CC#Cc1ccc(Cl)c(C(=O)O)c1. The van der Waals surface area contributed by atoms with Crippen molar-refractivity contribution in [2.75, 3.05) is 0 Å². The highest BCUT2D eigenvalue weighted by atomic mass is 35.5. The van der Waals surface area contributed by atoms with E-state index in [0.29, 0.717) is 5.56 Å². The largest absolute Gasteiger partial charge is 0.481 e. The highest BCUT2D eigenvalue weighted by molar-refractivity contribution is 6.33. The molecule has 1 aromatic rings. The van der Waals surface area contributed by atoms with Crippen molar-refractivity contribution >= 4 is 23.5 Å². The Morgan fingerprint density at radius 1 is 1.31 bits per heavy atom. The number of halogens is 1. The predicted molar refractivity (Wildman–Crippen MR) is 57.5 cm³/mol. The van der Waals surface area contributed by atoms with Gasteiger partial charge in [-0.05, 0) is 18.2 Å². The molecule has 0 unspecified atom stereocenters. The van der Waals surface area contributed by atoms with Crippen molar-refractivity contribution in [3.63, 3.8) is 0 Å². The van der Waals surface area contributed by atoms with Crippen LogP contribution in [0.2, 0.25) is 5.02 Å². The molecule has 1 rings (SSSR count). The monoisotopic (exact) mass is 238 g/mol. The summed E-state index contributed by atoms with van der Waals surface area (Å²) in [5.74, 6) is 2.77. The molecule has 4 nitrogen and oxygen atoms in total. The molecule has 2 N–H and O–H groups in total. The van der Waals surface area contributed by atoms with Crippen LogP contribution >= 0.6 is 11.6 Å². The molecule has 0 bridgehead atoms. The fourth-order valence-electron chi connectivity index (χ4n) is 0.989. The zero-order valence-corrected chi connectivity index (χ0v) is 8.78. The lowest BCUT2D eigenvalue weighted by Gasteiger charge is -1.98. The maximum atomic E-state index is 10.7. The number of carboxylic acid groups (broad SMARTS) is 2. The van der Waals surface area contributed by atoms with Gasteiger partial charge in [0.15, 0.2) is 0 Å². The number of hydrogen-bond donors (Lipinski definition) is 2. The van der Waals surface area contributed by atoms with E-state index in [1.54, 1.807) is 0 Å². The summed E-state index contributed by atoms with van der Waals surface area (Å²) in [7, 11) is 0. The quantitative estimate of drug-likeness (QED) is 0.772. The Labute approximate surface area is 96.5 Å². The predicted octanol–water partition coefficient (Wildman–Crippen LogP) is 1.86. The summed E-state index contributed by atoms with van der Waals surface area (Å²) < 4.78 is 0. The van der Waals surface area contributed by atoms with Gasteiger partial charge in [0.25, 0.3) is 0 Å². The van der Waals surface area contributed by atoms with Crippen molar-refractivity contribution in [2.24, 2.45) is 0 Å². The van der Waals surface area contributed by atoms with Crippen LogP contribution in [0, 0.1) is 11.8 Å². The molecule has 0 radical (unpaired) electrons. The highest BCUT2D eigenvalue weighted by Gasteiger charge is 2.08. The van der Waals surface area contributed by atoms with E-state index in [4.69, 9.17) is 21.8 Å². The average Bonchev–Trinajstić information content (AvgIpc) is 2.19. The molecular formula is C11H7ClO4. The number of aliphatic carboxylic acids is 1. The van der Waals surface area contributed by atoms with Crippen molar-refractivity contribution in [2.45, 2.75) is 6.42 Å². The standard InChI is InChI=1S/C11H7ClO4/c12-9-5-4-7(2-1-3-10(13)14)6-8(9)11(15)16/h4-6H,3H2,(H,13,14)(H,15,16). The van der Waals surface area contributed by atoms with E-state index in [-0.39, 0.29) is 17.0 Å². The number of carboxylic acids is 2. The molecule has 0 aliphatic heterocycles. The maximum absolute atomic E-state index is 10.7. The fourth-order valence-corrected chi connectivity index (χ4v) is 1.19. The minimum atomic E-state index is -1.15. The molecule has 1 aromatic carbocycles. The average molecular weight is 239 g/mol. The second-order valence-corrected chi connectivity index (χ2v) is 3.28. The van der Waals surface area contributed by atoms with Gasteiger partial charge in [-0.3, -0.25) is 4.79 Å². The highest BCUT2D eigenvalue weighted by Crippen LogP contribution is 2.17. The van der Waals surface area contributed by atoms with Gasteiger partial charge in [0.2, 0.25) is 0 Å². The lowest BCUT2D eigenvalue weighted by atomic mass is 10.1. The molecule has 0 saturated carbocycles. The maximum Gasteiger partial charge on any atom is 0.337 e. The molecule has 0 atom stereocenters. The second kappa shape index (κ2) is 5.19. The van der Waals surface area contributed by atoms with Crippen LogP contribution in [0.4, 0.5) is 0 Å². The summed E-state index contributed by atoms with van der Waals surface area (Å²) in [6.07, 6.45) is -0.287. The number of carbonyl (C=O) groups is 2. The van der Waals surface area contributed by atoms with Crippen molar-refractivity contribution in [1.29, 1.82) is 0 Å². The third-order valence-electron chi connectivity index (χ3n) is 1.67. The van der Waals surface area contributed by atoms with Crippen LogP contribution in [0.15, 0.2) is 18.2 Å². The summed E-state index contributed by atoms with van der Waals surface area (Å²) in [4.78, 5) is 20.9. The van der Waals surface area contributed by atoms with E-state index in [1.807, 2.05) is 0 Å². The Morgan fingerprint density at radius 2 is 2.00 bits per heavy atom. The normalized spacial score (nSPS) is 9.06. The van der Waals surface area contributed by atoms with Gasteiger partial charge in [-0.25, -0.2) is 4.79 Å². The summed E-state index contributed by atoms with van der Waals surface area (Å²) >= 11 is 5.65. The number of aromatic carboxylic acids is 1. The first-order valence-electron chi connectivity index (χ1n) is 4.24. The van der Waals surface area contributed by atoms with Crippen molar-refractivity contribution in [1.82, 2.24) is 0 Å². The second-order valence-electron chi connectivity index (χ2n) is 2.87. The molecule has 82 valence electrons. The van der Waals surface area contributed by atoms with Crippen LogP contribution in [0.1, 0.15) is 22.3 Å². The lowest BCUT2D eigenvalue weighted by Crippen LogP contribution is -1.97. The molecule has 0 aliphatic rings. The van der Waals surface area contributed by atoms with E-state index in [1.165, 1.54) is 18.2 Å². The van der Waals surface area contributed by atoms with Crippen LogP contribution < -0.4 is 0 Å². The van der Waals surface area contributed by atoms with Gasteiger partial charge in [-0.2, -0.15) is 0 Å². The van der Waals surface area contributed by atoms with Crippen LogP contribution in [-0.4, -0.2) is 22.2 Å². The zero-order valence-electron chi connectivity index (χ0n) is 8.03. The smallest absolute Gasteiger partial charge is 0.337 e. The Morgan fingerprint density at radius 3 is 2.56 bits per heavy atom. The zero-order chi connectivity index (χ0) is 12.1. The van der Waals surface area contributed by atoms with E-state index in [0.717, 1.165) is 0 Å².